The minimum Gasteiger partial charge on any atom is -0.465 e. The van der Waals surface area contributed by atoms with Gasteiger partial charge in [0.05, 0.1) is 12.7 Å². The van der Waals surface area contributed by atoms with Crippen molar-refractivity contribution < 1.29 is 9.53 Å². The van der Waals surface area contributed by atoms with Crippen molar-refractivity contribution in [2.45, 2.75) is 84.0 Å². The monoisotopic (exact) mass is 267 g/mol. The SMILES string of the molecule is CCCCCCCCCCCCCOC(=O)CC#N. The van der Waals surface area contributed by atoms with Gasteiger partial charge >= 0.3 is 5.97 Å². The smallest absolute Gasteiger partial charge is 0.320 e. The minimum absolute atomic E-state index is 0.127. The summed E-state index contributed by atoms with van der Waals surface area (Å²) < 4.78 is 4.90. The van der Waals surface area contributed by atoms with Gasteiger partial charge in [0.2, 0.25) is 0 Å². The molecule has 0 aromatic heterocycles. The summed E-state index contributed by atoms with van der Waals surface area (Å²) in [5.41, 5.74) is 0. The predicted molar refractivity (Wildman–Crippen MR) is 77.7 cm³/mol. The molecule has 3 heteroatoms. The van der Waals surface area contributed by atoms with E-state index >= 15 is 0 Å². The van der Waals surface area contributed by atoms with Crippen molar-refractivity contribution in [2.24, 2.45) is 0 Å². The number of carbonyl (C=O) groups is 1. The fraction of sp³-hybridized carbons (Fsp3) is 0.875. The molecule has 0 saturated heterocycles. The Morgan fingerprint density at radius 3 is 1.84 bits per heavy atom. The van der Waals surface area contributed by atoms with Crippen LogP contribution in [0.25, 0.3) is 0 Å². The van der Waals surface area contributed by atoms with Gasteiger partial charge in [-0.3, -0.25) is 4.79 Å². The largest absolute Gasteiger partial charge is 0.465 e. The van der Waals surface area contributed by atoms with E-state index in [-0.39, 0.29) is 6.42 Å². The summed E-state index contributed by atoms with van der Waals surface area (Å²) in [6, 6.07) is 1.79. The molecule has 0 atom stereocenters. The van der Waals surface area contributed by atoms with Crippen LogP contribution >= 0.6 is 0 Å². The highest BCUT2D eigenvalue weighted by Crippen LogP contribution is 2.11. The van der Waals surface area contributed by atoms with Crippen LogP contribution in [0.5, 0.6) is 0 Å². The summed E-state index contributed by atoms with van der Waals surface area (Å²) in [4.78, 5) is 10.9. The zero-order chi connectivity index (χ0) is 14.2. The van der Waals surface area contributed by atoms with Gasteiger partial charge in [0.25, 0.3) is 0 Å². The molecule has 0 aliphatic heterocycles. The molecule has 3 nitrogen and oxygen atoms in total. The van der Waals surface area contributed by atoms with Crippen LogP contribution in [0.4, 0.5) is 0 Å². The number of unbranched alkanes of at least 4 members (excludes halogenated alkanes) is 10. The van der Waals surface area contributed by atoms with E-state index < -0.39 is 5.97 Å². The van der Waals surface area contributed by atoms with Crippen LogP contribution in [0.2, 0.25) is 0 Å². The highest BCUT2D eigenvalue weighted by atomic mass is 16.5. The lowest BCUT2D eigenvalue weighted by molar-refractivity contribution is -0.142. The molecule has 0 fully saturated rings. The van der Waals surface area contributed by atoms with E-state index in [2.05, 4.69) is 6.92 Å². The molecule has 0 aliphatic carbocycles. The molecule has 0 aromatic carbocycles. The molecule has 0 unspecified atom stereocenters. The summed E-state index contributed by atoms with van der Waals surface area (Å²) in [7, 11) is 0. The molecule has 19 heavy (non-hydrogen) atoms. The third-order valence-electron chi connectivity index (χ3n) is 3.23. The lowest BCUT2D eigenvalue weighted by Gasteiger charge is -2.03. The van der Waals surface area contributed by atoms with Crippen molar-refractivity contribution in [2.75, 3.05) is 6.61 Å². The Hall–Kier alpha value is -1.04. The second kappa shape index (κ2) is 15.0. The predicted octanol–water partition coefficient (Wildman–Crippen LogP) is 4.75. The van der Waals surface area contributed by atoms with Crippen LogP contribution in [0.1, 0.15) is 84.0 Å². The summed E-state index contributed by atoms with van der Waals surface area (Å²) in [5, 5.41) is 8.28. The highest BCUT2D eigenvalue weighted by molar-refractivity contribution is 5.71. The quantitative estimate of drug-likeness (QED) is 0.357. The molecule has 0 aliphatic rings. The topological polar surface area (TPSA) is 50.1 Å². The maximum Gasteiger partial charge on any atom is 0.320 e. The van der Waals surface area contributed by atoms with E-state index in [4.69, 9.17) is 10.00 Å². The molecule has 0 bridgehead atoms. The summed E-state index contributed by atoms with van der Waals surface area (Å²) in [5.74, 6) is -0.394. The number of rotatable bonds is 13. The van der Waals surface area contributed by atoms with Crippen LogP contribution in [-0.4, -0.2) is 12.6 Å². The van der Waals surface area contributed by atoms with Crippen LogP contribution in [0.15, 0.2) is 0 Å². The van der Waals surface area contributed by atoms with Crippen molar-refractivity contribution in [3.8, 4) is 6.07 Å². The lowest BCUT2D eigenvalue weighted by Crippen LogP contribution is -2.04. The highest BCUT2D eigenvalue weighted by Gasteiger charge is 2.00. The fourth-order valence-corrected chi connectivity index (χ4v) is 2.07. The normalized spacial score (nSPS) is 10.1. The van der Waals surface area contributed by atoms with Gasteiger partial charge in [0, 0.05) is 0 Å². The molecule has 0 rings (SSSR count). The maximum atomic E-state index is 10.9. The van der Waals surface area contributed by atoms with E-state index in [1.807, 2.05) is 0 Å². The fourth-order valence-electron chi connectivity index (χ4n) is 2.07. The van der Waals surface area contributed by atoms with Crippen LogP contribution in [0, 0.1) is 11.3 Å². The standard InChI is InChI=1S/C16H29NO2/c1-2-3-4-5-6-7-8-9-10-11-12-15-19-16(18)13-14-17/h2-13,15H2,1H3. The Morgan fingerprint density at radius 1 is 0.895 bits per heavy atom. The molecule has 0 spiro atoms. The third kappa shape index (κ3) is 14.9. The lowest BCUT2D eigenvalue weighted by atomic mass is 10.1. The van der Waals surface area contributed by atoms with E-state index in [0.29, 0.717) is 6.61 Å². The van der Waals surface area contributed by atoms with E-state index in [1.54, 1.807) is 6.07 Å². The van der Waals surface area contributed by atoms with Gasteiger partial charge in [-0.15, -0.1) is 0 Å². The van der Waals surface area contributed by atoms with Gasteiger partial charge in [-0.2, -0.15) is 5.26 Å². The Morgan fingerprint density at radius 2 is 1.37 bits per heavy atom. The van der Waals surface area contributed by atoms with E-state index in [0.717, 1.165) is 12.8 Å². The van der Waals surface area contributed by atoms with Crippen molar-refractivity contribution in [1.29, 1.82) is 5.26 Å². The number of hydrogen-bond acceptors (Lipinski definition) is 3. The van der Waals surface area contributed by atoms with E-state index in [1.165, 1.54) is 57.8 Å². The van der Waals surface area contributed by atoms with Crippen LogP contribution in [-0.2, 0) is 9.53 Å². The van der Waals surface area contributed by atoms with Crippen molar-refractivity contribution in [3.05, 3.63) is 0 Å². The summed E-state index contributed by atoms with van der Waals surface area (Å²) >= 11 is 0. The van der Waals surface area contributed by atoms with E-state index in [9.17, 15) is 4.79 Å². The number of carbonyl (C=O) groups excluding carboxylic acids is 1. The average molecular weight is 267 g/mol. The Balaban J connectivity index is 3.03. The molecule has 0 heterocycles. The molecule has 0 radical (unpaired) electrons. The summed E-state index contributed by atoms with van der Waals surface area (Å²) in [6.07, 6.45) is 14.0. The number of ether oxygens (including phenoxy) is 1. The second-order valence-electron chi connectivity index (χ2n) is 5.09. The Kier molecular flexibility index (Phi) is 14.2. The first-order chi connectivity index (χ1) is 9.31. The first kappa shape index (κ1) is 18.0. The zero-order valence-electron chi connectivity index (χ0n) is 12.5. The van der Waals surface area contributed by atoms with Crippen molar-refractivity contribution >= 4 is 5.97 Å². The molecule has 110 valence electrons. The molecule has 0 aromatic rings. The van der Waals surface area contributed by atoms with Crippen molar-refractivity contribution in [3.63, 3.8) is 0 Å². The Labute approximate surface area is 118 Å². The summed E-state index contributed by atoms with van der Waals surface area (Å²) in [6.45, 7) is 2.72. The van der Waals surface area contributed by atoms with Gasteiger partial charge in [-0.05, 0) is 6.42 Å². The van der Waals surface area contributed by atoms with Gasteiger partial charge < -0.3 is 4.74 Å². The molecule has 0 saturated carbocycles. The first-order valence-electron chi connectivity index (χ1n) is 7.83. The Bertz CT molecular complexity index is 246. The van der Waals surface area contributed by atoms with Crippen LogP contribution in [0.3, 0.4) is 0 Å². The maximum absolute atomic E-state index is 10.9. The average Bonchev–Trinajstić information content (AvgIpc) is 2.40. The minimum atomic E-state index is -0.394. The van der Waals surface area contributed by atoms with Gasteiger partial charge in [0.1, 0.15) is 6.42 Å². The van der Waals surface area contributed by atoms with Gasteiger partial charge in [-0.25, -0.2) is 0 Å². The number of hydrogen-bond donors (Lipinski definition) is 0. The number of esters is 1. The second-order valence-corrected chi connectivity index (χ2v) is 5.09. The number of nitrogens with zero attached hydrogens (tertiary/aromatic N) is 1. The molecular formula is C16H29NO2. The molecule has 0 N–H and O–H groups in total. The zero-order valence-corrected chi connectivity index (χ0v) is 12.5. The first-order valence-corrected chi connectivity index (χ1v) is 7.83. The molecule has 0 amide bonds. The van der Waals surface area contributed by atoms with Crippen molar-refractivity contribution in [1.82, 2.24) is 0 Å². The third-order valence-corrected chi connectivity index (χ3v) is 3.23. The molecular weight excluding hydrogens is 238 g/mol. The van der Waals surface area contributed by atoms with Gasteiger partial charge in [-0.1, -0.05) is 71.1 Å². The van der Waals surface area contributed by atoms with Crippen LogP contribution < -0.4 is 0 Å². The van der Waals surface area contributed by atoms with Gasteiger partial charge in [0.15, 0.2) is 0 Å². The number of nitriles is 1.